The van der Waals surface area contributed by atoms with Gasteiger partial charge in [-0.1, -0.05) is 41.5 Å². The lowest BCUT2D eigenvalue weighted by Gasteiger charge is -2.38. The van der Waals surface area contributed by atoms with Gasteiger partial charge in [-0.25, -0.2) is 0 Å². The average Bonchev–Trinajstić information content (AvgIpc) is 2.39. The summed E-state index contributed by atoms with van der Waals surface area (Å²) in [5.74, 6) is 1.13. The van der Waals surface area contributed by atoms with Gasteiger partial charge in [0.05, 0.1) is 0 Å². The van der Waals surface area contributed by atoms with Crippen molar-refractivity contribution < 1.29 is 0 Å². The van der Waals surface area contributed by atoms with Crippen molar-refractivity contribution in [3.63, 3.8) is 0 Å². The zero-order valence-electron chi connectivity index (χ0n) is 13.8. The normalized spacial score (nSPS) is 11.6. The molecule has 0 heterocycles. The molecule has 0 aliphatic heterocycles. The first-order chi connectivity index (χ1) is 9.17. The largest absolute Gasteiger partial charge is 0.399 e. The van der Waals surface area contributed by atoms with Crippen molar-refractivity contribution in [1.82, 2.24) is 0 Å². The highest BCUT2D eigenvalue weighted by Gasteiger charge is 2.32. The summed E-state index contributed by atoms with van der Waals surface area (Å²) in [6.07, 6.45) is 9.00. The molecule has 0 unspecified atom stereocenters. The number of nitrogen functional groups attached to an aromatic ring is 1. The Morgan fingerprint density at radius 2 is 1.65 bits per heavy atom. The molecule has 0 fully saturated rings. The Labute approximate surface area is 129 Å². The van der Waals surface area contributed by atoms with Crippen molar-refractivity contribution >= 4 is 17.4 Å². The summed E-state index contributed by atoms with van der Waals surface area (Å²) in [6, 6.07) is 6.40. The van der Waals surface area contributed by atoms with E-state index >= 15 is 0 Å². The second-order valence-corrected chi connectivity index (χ2v) is 7.69. The van der Waals surface area contributed by atoms with Crippen molar-refractivity contribution in [2.45, 2.75) is 52.9 Å². The fourth-order valence-corrected chi connectivity index (χ4v) is 2.81. The van der Waals surface area contributed by atoms with Crippen LogP contribution in [0.15, 0.2) is 23.1 Å². The van der Waals surface area contributed by atoms with E-state index in [2.05, 4.69) is 66.5 Å². The van der Waals surface area contributed by atoms with Crippen molar-refractivity contribution in [2.24, 2.45) is 10.8 Å². The van der Waals surface area contributed by atoms with E-state index in [9.17, 15) is 0 Å². The van der Waals surface area contributed by atoms with Gasteiger partial charge >= 0.3 is 0 Å². The third kappa shape index (κ3) is 5.13. The first-order valence-corrected chi connectivity index (χ1v) is 8.00. The summed E-state index contributed by atoms with van der Waals surface area (Å²) >= 11 is 1.94. The predicted octanol–water partition coefficient (Wildman–Crippen LogP) is 5.25. The third-order valence-electron chi connectivity index (χ3n) is 4.13. The number of anilines is 1. The third-order valence-corrected chi connectivity index (χ3v) is 5.58. The second kappa shape index (κ2) is 7.64. The standard InChI is InChI=1S/C16H27NS.C2H2/c1-7-12-10-13(8-9-14(12)17)18-11-16(5,6)15(2,3)4;1-2/h8-10H,7,11,17H2,1-6H3;1-2H. The molecule has 0 aliphatic rings. The van der Waals surface area contributed by atoms with Gasteiger partial charge in [0, 0.05) is 16.3 Å². The van der Waals surface area contributed by atoms with Crippen LogP contribution in [0.3, 0.4) is 0 Å². The lowest BCUT2D eigenvalue weighted by atomic mass is 9.71. The molecule has 20 heavy (non-hydrogen) atoms. The Kier molecular flexibility index (Phi) is 7.23. The van der Waals surface area contributed by atoms with Crippen molar-refractivity contribution in [3.05, 3.63) is 23.8 Å². The summed E-state index contributed by atoms with van der Waals surface area (Å²) in [5, 5.41) is 0. The van der Waals surface area contributed by atoms with Crippen molar-refractivity contribution in [1.29, 1.82) is 0 Å². The summed E-state index contributed by atoms with van der Waals surface area (Å²) in [4.78, 5) is 1.33. The highest BCUT2D eigenvalue weighted by atomic mass is 32.2. The van der Waals surface area contributed by atoms with E-state index in [1.807, 2.05) is 17.8 Å². The van der Waals surface area contributed by atoms with Crippen LogP contribution in [0.25, 0.3) is 0 Å². The van der Waals surface area contributed by atoms with Gasteiger partial charge in [-0.3, -0.25) is 0 Å². The molecule has 0 amide bonds. The van der Waals surface area contributed by atoms with Crippen LogP contribution in [0.2, 0.25) is 0 Å². The van der Waals surface area contributed by atoms with E-state index in [1.54, 1.807) is 0 Å². The minimum atomic E-state index is 0.311. The maximum absolute atomic E-state index is 5.94. The van der Waals surface area contributed by atoms with Crippen LogP contribution in [0.4, 0.5) is 5.69 Å². The molecule has 0 radical (unpaired) electrons. The summed E-state index contributed by atoms with van der Waals surface area (Å²) in [5.41, 5.74) is 8.75. The predicted molar refractivity (Wildman–Crippen MR) is 94.1 cm³/mol. The summed E-state index contributed by atoms with van der Waals surface area (Å²) in [7, 11) is 0. The molecule has 1 aromatic carbocycles. The van der Waals surface area contributed by atoms with Crippen molar-refractivity contribution in [3.8, 4) is 12.8 Å². The molecule has 1 aromatic rings. The average molecular weight is 292 g/mol. The number of aryl methyl sites for hydroxylation is 1. The molecular weight excluding hydrogens is 262 g/mol. The Morgan fingerprint density at radius 3 is 2.10 bits per heavy atom. The Hall–Kier alpha value is -1.07. The van der Waals surface area contributed by atoms with Gasteiger partial charge < -0.3 is 5.73 Å². The molecule has 0 saturated heterocycles. The van der Waals surface area contributed by atoms with E-state index in [-0.39, 0.29) is 0 Å². The molecule has 0 spiro atoms. The maximum Gasteiger partial charge on any atom is 0.0347 e. The number of terminal acetylenes is 1. The van der Waals surface area contributed by atoms with Gasteiger partial charge in [-0.05, 0) is 41.0 Å². The molecule has 112 valence electrons. The highest BCUT2D eigenvalue weighted by Crippen LogP contribution is 2.42. The fraction of sp³-hybridized carbons (Fsp3) is 0.556. The first-order valence-electron chi connectivity index (χ1n) is 7.02. The fourth-order valence-electron chi connectivity index (χ4n) is 1.46. The van der Waals surface area contributed by atoms with Gasteiger partial charge in [0.1, 0.15) is 0 Å². The van der Waals surface area contributed by atoms with Crippen LogP contribution in [0.1, 0.15) is 47.1 Å². The Morgan fingerprint density at radius 1 is 1.10 bits per heavy atom. The van der Waals surface area contributed by atoms with Crippen LogP contribution in [-0.4, -0.2) is 5.75 Å². The zero-order valence-corrected chi connectivity index (χ0v) is 14.6. The quantitative estimate of drug-likeness (QED) is 0.466. The zero-order chi connectivity index (χ0) is 16.0. The SMILES string of the molecule is C#C.CCc1cc(SCC(C)(C)C(C)(C)C)ccc1N. The number of rotatable bonds is 4. The second-order valence-electron chi connectivity index (χ2n) is 6.64. The summed E-state index contributed by atoms with van der Waals surface area (Å²) < 4.78 is 0. The van der Waals surface area contributed by atoms with Crippen LogP contribution >= 0.6 is 11.8 Å². The number of nitrogens with two attached hydrogens (primary N) is 1. The van der Waals surface area contributed by atoms with Gasteiger partial charge in [-0.15, -0.1) is 24.6 Å². The molecule has 1 rings (SSSR count). The number of thioether (sulfide) groups is 1. The molecule has 0 saturated carbocycles. The Balaban J connectivity index is 0.00000172. The smallest absolute Gasteiger partial charge is 0.0347 e. The minimum absolute atomic E-state index is 0.311. The van der Waals surface area contributed by atoms with E-state index in [4.69, 9.17) is 5.73 Å². The van der Waals surface area contributed by atoms with Gasteiger partial charge in [0.15, 0.2) is 0 Å². The molecule has 0 atom stereocenters. The molecule has 2 N–H and O–H groups in total. The molecular formula is C18H29NS. The van der Waals surface area contributed by atoms with E-state index in [0.717, 1.165) is 17.9 Å². The number of hydrogen-bond acceptors (Lipinski definition) is 2. The lowest BCUT2D eigenvalue weighted by Crippen LogP contribution is -2.31. The van der Waals surface area contributed by atoms with E-state index in [1.165, 1.54) is 10.5 Å². The molecule has 0 bridgehead atoms. The van der Waals surface area contributed by atoms with Crippen LogP contribution < -0.4 is 5.73 Å². The summed E-state index contributed by atoms with van der Waals surface area (Å²) in [6.45, 7) is 13.8. The van der Waals surface area contributed by atoms with E-state index in [0.29, 0.717) is 10.8 Å². The van der Waals surface area contributed by atoms with Gasteiger partial charge in [0.25, 0.3) is 0 Å². The van der Waals surface area contributed by atoms with E-state index < -0.39 is 0 Å². The van der Waals surface area contributed by atoms with Gasteiger partial charge in [0.2, 0.25) is 0 Å². The van der Waals surface area contributed by atoms with Crippen LogP contribution in [0, 0.1) is 23.7 Å². The van der Waals surface area contributed by atoms with Gasteiger partial charge in [-0.2, -0.15) is 0 Å². The number of benzene rings is 1. The van der Waals surface area contributed by atoms with Crippen LogP contribution in [0.5, 0.6) is 0 Å². The highest BCUT2D eigenvalue weighted by molar-refractivity contribution is 7.99. The Bertz CT molecular complexity index is 438. The topological polar surface area (TPSA) is 26.0 Å². The maximum atomic E-state index is 5.94. The van der Waals surface area contributed by atoms with Crippen LogP contribution in [-0.2, 0) is 6.42 Å². The monoisotopic (exact) mass is 291 g/mol. The minimum Gasteiger partial charge on any atom is -0.399 e. The number of hydrogen-bond donors (Lipinski definition) is 1. The lowest BCUT2D eigenvalue weighted by molar-refractivity contribution is 0.162. The molecule has 0 aliphatic carbocycles. The first kappa shape index (κ1) is 18.9. The van der Waals surface area contributed by atoms with Crippen molar-refractivity contribution in [2.75, 3.05) is 11.5 Å². The molecule has 0 aromatic heterocycles. The molecule has 2 heteroatoms. The molecule has 1 nitrogen and oxygen atoms in total.